The molecule has 2 heteroatoms. The molecule has 0 atom stereocenters. The van der Waals surface area contributed by atoms with Gasteiger partial charge in [-0.1, -0.05) is 26.7 Å². The summed E-state index contributed by atoms with van der Waals surface area (Å²) in [6.45, 7) is 6.29. The van der Waals surface area contributed by atoms with Gasteiger partial charge in [-0.25, -0.2) is 0 Å². The summed E-state index contributed by atoms with van der Waals surface area (Å²) in [6, 6.07) is 3.01. The van der Waals surface area contributed by atoms with E-state index in [0.717, 1.165) is 12.5 Å². The number of rotatable bonds is 6. The summed E-state index contributed by atoms with van der Waals surface area (Å²) in [6.07, 6.45) is 7.87. The van der Waals surface area contributed by atoms with Gasteiger partial charge in [-0.05, 0) is 38.1 Å². The van der Waals surface area contributed by atoms with Crippen LogP contribution in [-0.2, 0) is 0 Å². The Balaban J connectivity index is 2.27. The fourth-order valence-corrected chi connectivity index (χ4v) is 2.45. The zero-order valence-corrected chi connectivity index (χ0v) is 10.2. The van der Waals surface area contributed by atoms with Gasteiger partial charge in [0.1, 0.15) is 0 Å². The predicted molar refractivity (Wildman–Crippen MR) is 63.5 cm³/mol. The molecule has 0 bridgehead atoms. The van der Waals surface area contributed by atoms with Gasteiger partial charge in [0.2, 0.25) is 0 Å². The van der Waals surface area contributed by atoms with Crippen LogP contribution in [0.2, 0.25) is 0 Å². The van der Waals surface area contributed by atoms with Crippen molar-refractivity contribution in [2.45, 2.75) is 58.4 Å². The molecule has 2 nitrogen and oxygen atoms in total. The highest BCUT2D eigenvalue weighted by Gasteiger charge is 2.21. The summed E-state index contributed by atoms with van der Waals surface area (Å²) in [5.41, 5.74) is 0. The third kappa shape index (κ3) is 4.66. The molecule has 0 spiro atoms. The zero-order valence-electron chi connectivity index (χ0n) is 10.2. The van der Waals surface area contributed by atoms with Crippen molar-refractivity contribution in [1.82, 2.24) is 4.90 Å². The summed E-state index contributed by atoms with van der Waals surface area (Å²) < 4.78 is 0. The normalized spacial score (nSPS) is 17.5. The van der Waals surface area contributed by atoms with E-state index in [0.29, 0.717) is 12.6 Å². The summed E-state index contributed by atoms with van der Waals surface area (Å²) in [5.74, 6) is 0.789. The molecule has 0 unspecified atom stereocenters. The standard InChI is InChI=1S/C13H24N2/c1-12(2)6-5-10-15(11-9-14)13-7-3-4-8-13/h12-13H,3-8,10-11H2,1-2H3. The molecule has 0 saturated heterocycles. The third-order valence-corrected chi connectivity index (χ3v) is 3.34. The van der Waals surface area contributed by atoms with Crippen molar-refractivity contribution >= 4 is 0 Å². The van der Waals surface area contributed by atoms with E-state index in [1.165, 1.54) is 38.5 Å². The van der Waals surface area contributed by atoms with Crippen LogP contribution >= 0.6 is 0 Å². The maximum atomic E-state index is 8.81. The van der Waals surface area contributed by atoms with E-state index in [2.05, 4.69) is 24.8 Å². The molecule has 0 N–H and O–H groups in total. The lowest BCUT2D eigenvalue weighted by atomic mass is 10.1. The molecule has 0 aromatic rings. The fraction of sp³-hybridized carbons (Fsp3) is 0.923. The fourth-order valence-electron chi connectivity index (χ4n) is 2.45. The second-order valence-electron chi connectivity index (χ2n) is 5.10. The maximum absolute atomic E-state index is 8.81. The van der Waals surface area contributed by atoms with E-state index in [4.69, 9.17) is 5.26 Å². The second kappa shape index (κ2) is 6.85. The van der Waals surface area contributed by atoms with Crippen molar-refractivity contribution in [2.75, 3.05) is 13.1 Å². The average molecular weight is 208 g/mol. The predicted octanol–water partition coefficient (Wildman–Crippen LogP) is 3.19. The van der Waals surface area contributed by atoms with Crippen LogP contribution in [0.5, 0.6) is 0 Å². The van der Waals surface area contributed by atoms with Crippen molar-refractivity contribution in [3.63, 3.8) is 0 Å². The first kappa shape index (κ1) is 12.5. The van der Waals surface area contributed by atoms with Gasteiger partial charge >= 0.3 is 0 Å². The average Bonchev–Trinajstić information content (AvgIpc) is 2.68. The summed E-state index contributed by atoms with van der Waals surface area (Å²) >= 11 is 0. The quantitative estimate of drug-likeness (QED) is 0.627. The van der Waals surface area contributed by atoms with E-state index in [-0.39, 0.29) is 0 Å². The Morgan fingerprint density at radius 3 is 2.53 bits per heavy atom. The molecule has 1 rings (SSSR count). The van der Waals surface area contributed by atoms with Crippen LogP contribution in [0.25, 0.3) is 0 Å². The van der Waals surface area contributed by atoms with Gasteiger partial charge in [0.15, 0.2) is 0 Å². The third-order valence-electron chi connectivity index (χ3n) is 3.34. The summed E-state index contributed by atoms with van der Waals surface area (Å²) in [5, 5.41) is 8.81. The Bertz CT molecular complexity index is 199. The van der Waals surface area contributed by atoms with Crippen LogP contribution in [-0.4, -0.2) is 24.0 Å². The van der Waals surface area contributed by atoms with E-state index in [1.54, 1.807) is 0 Å². The Kier molecular flexibility index (Phi) is 5.71. The van der Waals surface area contributed by atoms with E-state index in [9.17, 15) is 0 Å². The van der Waals surface area contributed by atoms with Crippen molar-refractivity contribution in [3.05, 3.63) is 0 Å². The van der Waals surface area contributed by atoms with Gasteiger partial charge in [-0.15, -0.1) is 0 Å². The lowest BCUT2D eigenvalue weighted by Crippen LogP contribution is -2.34. The first-order chi connectivity index (χ1) is 7.24. The monoisotopic (exact) mass is 208 g/mol. The Labute approximate surface area is 94.3 Å². The van der Waals surface area contributed by atoms with Gasteiger partial charge in [0, 0.05) is 6.04 Å². The van der Waals surface area contributed by atoms with Crippen LogP contribution in [0.1, 0.15) is 52.4 Å². The molecular weight excluding hydrogens is 184 g/mol. The molecule has 0 aromatic carbocycles. The molecule has 0 heterocycles. The van der Waals surface area contributed by atoms with Gasteiger partial charge in [0.25, 0.3) is 0 Å². The van der Waals surface area contributed by atoms with Crippen molar-refractivity contribution in [1.29, 1.82) is 5.26 Å². The highest BCUT2D eigenvalue weighted by atomic mass is 15.1. The van der Waals surface area contributed by atoms with E-state index in [1.807, 2.05) is 0 Å². The number of hydrogen-bond acceptors (Lipinski definition) is 2. The number of hydrogen-bond donors (Lipinski definition) is 0. The van der Waals surface area contributed by atoms with Crippen molar-refractivity contribution < 1.29 is 0 Å². The largest absolute Gasteiger partial charge is 0.288 e. The zero-order chi connectivity index (χ0) is 11.1. The van der Waals surface area contributed by atoms with Crippen molar-refractivity contribution in [2.24, 2.45) is 5.92 Å². The first-order valence-electron chi connectivity index (χ1n) is 6.35. The number of nitrogens with zero attached hydrogens (tertiary/aromatic N) is 2. The Hall–Kier alpha value is -0.550. The van der Waals surface area contributed by atoms with Gasteiger partial charge in [-0.2, -0.15) is 5.26 Å². The smallest absolute Gasteiger partial charge is 0.0868 e. The molecular formula is C13H24N2. The molecule has 0 aliphatic heterocycles. The van der Waals surface area contributed by atoms with Crippen LogP contribution < -0.4 is 0 Å². The van der Waals surface area contributed by atoms with Gasteiger partial charge in [-0.3, -0.25) is 4.90 Å². The molecule has 1 fully saturated rings. The van der Waals surface area contributed by atoms with Gasteiger partial charge < -0.3 is 0 Å². The Morgan fingerprint density at radius 2 is 2.00 bits per heavy atom. The highest BCUT2D eigenvalue weighted by Crippen LogP contribution is 2.23. The van der Waals surface area contributed by atoms with Crippen LogP contribution in [0.4, 0.5) is 0 Å². The van der Waals surface area contributed by atoms with Crippen LogP contribution in [0.3, 0.4) is 0 Å². The molecule has 0 radical (unpaired) electrons. The second-order valence-corrected chi connectivity index (χ2v) is 5.10. The minimum absolute atomic E-state index is 0.628. The molecule has 0 aromatic heterocycles. The SMILES string of the molecule is CC(C)CCCN(CC#N)C1CCCC1. The number of nitriles is 1. The summed E-state index contributed by atoms with van der Waals surface area (Å²) in [7, 11) is 0. The Morgan fingerprint density at radius 1 is 1.33 bits per heavy atom. The molecule has 1 saturated carbocycles. The lowest BCUT2D eigenvalue weighted by Gasteiger charge is -2.26. The van der Waals surface area contributed by atoms with E-state index >= 15 is 0 Å². The molecule has 1 aliphatic carbocycles. The molecule has 15 heavy (non-hydrogen) atoms. The lowest BCUT2D eigenvalue weighted by molar-refractivity contribution is 0.215. The highest BCUT2D eigenvalue weighted by molar-refractivity contribution is 4.84. The summed E-state index contributed by atoms with van der Waals surface area (Å²) in [4.78, 5) is 2.40. The van der Waals surface area contributed by atoms with E-state index < -0.39 is 0 Å². The molecule has 86 valence electrons. The molecule has 0 amide bonds. The van der Waals surface area contributed by atoms with Crippen LogP contribution in [0, 0.1) is 17.2 Å². The van der Waals surface area contributed by atoms with Crippen LogP contribution in [0.15, 0.2) is 0 Å². The first-order valence-corrected chi connectivity index (χ1v) is 6.35. The molecule has 1 aliphatic rings. The topological polar surface area (TPSA) is 27.0 Å². The van der Waals surface area contributed by atoms with Crippen molar-refractivity contribution in [3.8, 4) is 6.07 Å². The minimum atomic E-state index is 0.628. The van der Waals surface area contributed by atoms with Gasteiger partial charge in [0.05, 0.1) is 12.6 Å². The maximum Gasteiger partial charge on any atom is 0.0868 e. The minimum Gasteiger partial charge on any atom is -0.288 e.